The third-order valence-electron chi connectivity index (χ3n) is 12.3. The number of nitrogens with one attached hydrogen (secondary N) is 2. The average Bonchev–Trinajstić information content (AvgIpc) is 3.41. The van der Waals surface area contributed by atoms with Gasteiger partial charge in [0, 0.05) is 29.6 Å². The fourth-order valence-corrected chi connectivity index (χ4v) is 9.84. The Labute approximate surface area is 414 Å². The maximum absolute atomic E-state index is 15.4. The van der Waals surface area contributed by atoms with Crippen molar-refractivity contribution in [3.05, 3.63) is 250 Å². The predicted octanol–water partition coefficient (Wildman–Crippen LogP) is 11.7. The van der Waals surface area contributed by atoms with Crippen LogP contribution in [0.15, 0.2) is 200 Å². The molecule has 7 aromatic rings. The number of rotatable bonds is 22. The van der Waals surface area contributed by atoms with E-state index in [-0.39, 0.29) is 38.6 Å². The smallest absolute Gasteiger partial charge is 0.292 e. The van der Waals surface area contributed by atoms with Crippen molar-refractivity contribution in [1.29, 1.82) is 5.26 Å². The summed E-state index contributed by atoms with van der Waals surface area (Å²) in [4.78, 5) is 42.9. The average molecular weight is 953 g/mol. The van der Waals surface area contributed by atoms with Crippen LogP contribution in [-0.4, -0.2) is 53.1 Å². The van der Waals surface area contributed by atoms with Gasteiger partial charge in [0.15, 0.2) is 0 Å². The molecule has 0 saturated carbocycles. The van der Waals surface area contributed by atoms with Crippen molar-refractivity contribution in [2.75, 3.05) is 14.2 Å². The molecule has 0 radical (unpaired) electrons. The van der Waals surface area contributed by atoms with Crippen LogP contribution in [0.2, 0.25) is 0 Å². The largest absolute Gasteiger partial charge is 0.338 e. The van der Waals surface area contributed by atoms with Crippen LogP contribution in [0.5, 0.6) is 0 Å². The van der Waals surface area contributed by atoms with Crippen LogP contribution >= 0.6 is 8.96 Å². The molecule has 2 atom stereocenters. The van der Waals surface area contributed by atoms with Crippen LogP contribution in [-0.2, 0) is 25.3 Å². The standard InChI is InChI=1S/C58H61N6O5P/c1-43(2)62(44(3)4)70-69-54(38-25-39-59)45-40-46(55(65)63(67-5)60-57(48-26-13-7-14-27-48,49-28-15-8-16-29-49)50-30-17-9-18-31-50)42-47(41-45)56(66)64(68-6)61-58(51-32-19-10-20-33-51,52-34-21-11-22-35-52)53-36-23-12-24-37-53/h7-24,26-37,40-44,54,60-61,70H,25,38H2,1-6H3. The summed E-state index contributed by atoms with van der Waals surface area (Å²) in [6.45, 7) is 8.43. The summed E-state index contributed by atoms with van der Waals surface area (Å²) in [5.74, 6) is -1.19. The zero-order valence-corrected chi connectivity index (χ0v) is 41.5. The van der Waals surface area contributed by atoms with Gasteiger partial charge >= 0.3 is 0 Å². The molecule has 7 rings (SSSR count). The minimum atomic E-state index is -1.14. The van der Waals surface area contributed by atoms with Gasteiger partial charge in [-0.05, 0) is 91.3 Å². The number of hydrogen-bond donors (Lipinski definition) is 2. The Morgan fingerprint density at radius 1 is 0.529 bits per heavy atom. The molecular weight excluding hydrogens is 892 g/mol. The lowest BCUT2D eigenvalue weighted by atomic mass is 9.77. The number of hydrazine groups is 2. The molecule has 0 bridgehead atoms. The lowest BCUT2D eigenvalue weighted by Gasteiger charge is -2.40. The third kappa shape index (κ3) is 11.3. The molecule has 2 unspecified atom stereocenters. The number of hydroxylamine groups is 2. The fourth-order valence-electron chi connectivity index (χ4n) is 8.92. The first kappa shape index (κ1) is 51.0. The number of benzene rings is 7. The molecule has 0 aliphatic heterocycles. The molecule has 12 heteroatoms. The summed E-state index contributed by atoms with van der Waals surface area (Å²) in [5, 5.41) is 12.1. The molecule has 2 N–H and O–H groups in total. The number of nitrogens with zero attached hydrogens (tertiary/aromatic N) is 4. The van der Waals surface area contributed by atoms with E-state index >= 15 is 9.59 Å². The second-order valence-electron chi connectivity index (χ2n) is 17.3. The Bertz CT molecular complexity index is 2410. The van der Waals surface area contributed by atoms with Crippen LogP contribution in [0, 0.1) is 11.3 Å². The monoisotopic (exact) mass is 952 g/mol. The highest BCUT2D eigenvalue weighted by molar-refractivity contribution is 7.29. The van der Waals surface area contributed by atoms with Crippen molar-refractivity contribution in [3.63, 3.8) is 0 Å². The van der Waals surface area contributed by atoms with E-state index in [0.717, 1.165) is 43.7 Å². The van der Waals surface area contributed by atoms with Gasteiger partial charge in [0.25, 0.3) is 11.8 Å². The van der Waals surface area contributed by atoms with E-state index < -0.39 is 29.0 Å². The zero-order chi connectivity index (χ0) is 49.5. The minimum Gasteiger partial charge on any atom is -0.338 e. The summed E-state index contributed by atoms with van der Waals surface area (Å²) in [6, 6.07) is 66.8. The third-order valence-corrected chi connectivity index (χ3v) is 13.9. The summed E-state index contributed by atoms with van der Waals surface area (Å²) in [7, 11) is 2.77. The van der Waals surface area contributed by atoms with Crippen LogP contribution in [0.1, 0.15) is 106 Å². The van der Waals surface area contributed by atoms with Gasteiger partial charge in [-0.2, -0.15) is 16.1 Å². The molecule has 358 valence electrons. The highest BCUT2D eigenvalue weighted by Crippen LogP contribution is 2.40. The van der Waals surface area contributed by atoms with Gasteiger partial charge in [-0.1, -0.05) is 182 Å². The summed E-state index contributed by atoms with van der Waals surface area (Å²) < 4.78 is 8.95. The van der Waals surface area contributed by atoms with Gasteiger partial charge in [-0.3, -0.25) is 23.9 Å². The number of amides is 2. The van der Waals surface area contributed by atoms with Crippen molar-refractivity contribution >= 4 is 20.8 Å². The van der Waals surface area contributed by atoms with E-state index in [0.29, 0.717) is 12.0 Å². The maximum atomic E-state index is 15.4. The van der Waals surface area contributed by atoms with Crippen molar-refractivity contribution in [3.8, 4) is 6.07 Å². The quantitative estimate of drug-likeness (QED) is 0.0389. The Morgan fingerprint density at radius 2 is 0.829 bits per heavy atom. The van der Waals surface area contributed by atoms with Crippen molar-refractivity contribution in [2.24, 2.45) is 0 Å². The maximum Gasteiger partial charge on any atom is 0.292 e. The molecule has 0 heterocycles. The number of carbonyl (C=O) groups excluding carboxylic acids is 2. The fraction of sp³-hybridized carbons (Fsp3) is 0.224. The lowest BCUT2D eigenvalue weighted by Crippen LogP contribution is -2.55. The van der Waals surface area contributed by atoms with Crippen LogP contribution in [0.4, 0.5) is 0 Å². The minimum absolute atomic E-state index is 0.0780. The zero-order valence-electron chi connectivity index (χ0n) is 40.5. The van der Waals surface area contributed by atoms with Gasteiger partial charge in [-0.25, -0.2) is 0 Å². The normalized spacial score (nSPS) is 12.3. The number of hydrogen-bond acceptors (Lipinski definition) is 9. The van der Waals surface area contributed by atoms with Gasteiger partial charge in [0.05, 0.1) is 35.4 Å². The summed E-state index contributed by atoms with van der Waals surface area (Å²) in [5.41, 5.74) is 10.6. The van der Waals surface area contributed by atoms with Crippen molar-refractivity contribution < 1.29 is 23.8 Å². The highest BCUT2D eigenvalue weighted by atomic mass is 31.1. The second-order valence-corrected chi connectivity index (χ2v) is 18.3. The van der Waals surface area contributed by atoms with Gasteiger partial charge in [0.2, 0.25) is 0 Å². The van der Waals surface area contributed by atoms with E-state index in [1.54, 1.807) is 12.1 Å². The Balaban J connectivity index is 1.39. The molecule has 0 aliphatic carbocycles. The second kappa shape index (κ2) is 24.1. The van der Waals surface area contributed by atoms with E-state index in [4.69, 9.17) is 14.2 Å². The first-order valence-electron chi connectivity index (χ1n) is 23.4. The van der Waals surface area contributed by atoms with Crippen LogP contribution in [0.25, 0.3) is 0 Å². The molecule has 70 heavy (non-hydrogen) atoms. The first-order chi connectivity index (χ1) is 34.1. The SMILES string of the molecule is CON(NC(c1ccccc1)(c1ccccc1)c1ccccc1)C(=O)c1cc(C(=O)N(NC(c2ccccc2)(c2ccccc2)c2ccccc2)OC)cc(C(CCC#N)OPN(C(C)C)C(C)C)c1. The Hall–Kier alpha value is -6.84. The topological polar surface area (TPSA) is 119 Å². The predicted molar refractivity (Wildman–Crippen MR) is 277 cm³/mol. The Morgan fingerprint density at radius 3 is 1.09 bits per heavy atom. The van der Waals surface area contributed by atoms with Gasteiger partial charge in [0.1, 0.15) is 11.1 Å². The van der Waals surface area contributed by atoms with E-state index in [2.05, 4.69) is 49.3 Å². The summed E-state index contributed by atoms with van der Waals surface area (Å²) in [6.07, 6.45) is -0.214. The molecule has 0 saturated heterocycles. The van der Waals surface area contributed by atoms with Crippen LogP contribution < -0.4 is 10.9 Å². The molecule has 7 aromatic carbocycles. The molecule has 0 spiro atoms. The molecule has 0 aromatic heterocycles. The van der Waals surface area contributed by atoms with Crippen molar-refractivity contribution in [1.82, 2.24) is 25.9 Å². The van der Waals surface area contributed by atoms with Crippen LogP contribution in [0.3, 0.4) is 0 Å². The van der Waals surface area contributed by atoms with Crippen molar-refractivity contribution in [2.45, 2.75) is 69.8 Å². The first-order valence-corrected chi connectivity index (χ1v) is 24.3. The molecule has 2 amide bonds. The van der Waals surface area contributed by atoms with E-state index in [1.165, 1.54) is 20.3 Å². The van der Waals surface area contributed by atoms with Gasteiger partial charge < -0.3 is 4.52 Å². The molecule has 0 aliphatic rings. The Kier molecular flexibility index (Phi) is 17.6. The van der Waals surface area contributed by atoms with E-state index in [1.807, 2.05) is 182 Å². The number of nitriles is 1. The molecule has 0 fully saturated rings. The molecular formula is C58H61N6O5P. The van der Waals surface area contributed by atoms with Gasteiger partial charge in [-0.15, -0.1) is 10.3 Å². The molecule has 11 nitrogen and oxygen atoms in total. The lowest BCUT2D eigenvalue weighted by molar-refractivity contribution is -0.145. The summed E-state index contributed by atoms with van der Waals surface area (Å²) >= 11 is 0. The number of carbonyl (C=O) groups is 2. The van der Waals surface area contributed by atoms with E-state index in [9.17, 15) is 5.26 Å². The highest BCUT2D eigenvalue weighted by Gasteiger charge is 2.42.